The molecule has 4 rings (SSSR count). The first-order valence-electron chi connectivity index (χ1n) is 11.2. The van der Waals surface area contributed by atoms with Gasteiger partial charge in [-0.25, -0.2) is 13.2 Å². The van der Waals surface area contributed by atoms with Crippen molar-refractivity contribution in [2.45, 2.75) is 44.8 Å². The molecule has 2 heterocycles. The first-order valence-corrected chi connectivity index (χ1v) is 11.2. The van der Waals surface area contributed by atoms with Crippen molar-refractivity contribution in [1.29, 1.82) is 0 Å². The van der Waals surface area contributed by atoms with Crippen LogP contribution >= 0.6 is 0 Å². The van der Waals surface area contributed by atoms with Gasteiger partial charge >= 0.3 is 0 Å². The van der Waals surface area contributed by atoms with E-state index in [1.165, 1.54) is 12.1 Å². The highest BCUT2D eigenvalue weighted by Gasteiger charge is 2.34. The SMILES string of the molecule is Cc1cc(F)ccc1C1CN(C(=O)CN2CCCC2)CCC1OCc1cc(F)ccc1F. The average Bonchev–Trinajstić information content (AvgIpc) is 3.27. The lowest BCUT2D eigenvalue weighted by atomic mass is 9.85. The summed E-state index contributed by atoms with van der Waals surface area (Å²) in [4.78, 5) is 17.0. The molecule has 0 aliphatic carbocycles. The number of likely N-dealkylation sites (tertiary alicyclic amines) is 2. The molecule has 2 atom stereocenters. The molecule has 0 bridgehead atoms. The topological polar surface area (TPSA) is 32.8 Å². The molecule has 0 spiro atoms. The fourth-order valence-electron chi connectivity index (χ4n) is 4.79. The molecule has 4 nitrogen and oxygen atoms in total. The van der Waals surface area contributed by atoms with Crippen LogP contribution in [0.2, 0.25) is 0 Å². The number of rotatable bonds is 6. The monoisotopic (exact) mass is 446 g/mol. The summed E-state index contributed by atoms with van der Waals surface area (Å²) in [5.74, 6) is -1.43. The highest BCUT2D eigenvalue weighted by Crippen LogP contribution is 2.33. The summed E-state index contributed by atoms with van der Waals surface area (Å²) in [6, 6.07) is 7.94. The number of hydrogen-bond acceptors (Lipinski definition) is 3. The number of amides is 1. The van der Waals surface area contributed by atoms with Gasteiger partial charge in [0, 0.05) is 24.6 Å². The van der Waals surface area contributed by atoms with Gasteiger partial charge in [0.1, 0.15) is 17.5 Å². The Morgan fingerprint density at radius 2 is 1.75 bits per heavy atom. The van der Waals surface area contributed by atoms with Crippen molar-refractivity contribution in [2.75, 3.05) is 32.7 Å². The van der Waals surface area contributed by atoms with Crippen molar-refractivity contribution in [3.63, 3.8) is 0 Å². The third-order valence-electron chi connectivity index (χ3n) is 6.55. The summed E-state index contributed by atoms with van der Waals surface area (Å²) < 4.78 is 47.4. The minimum atomic E-state index is -0.516. The normalized spacial score (nSPS) is 21.8. The molecule has 2 aliphatic heterocycles. The van der Waals surface area contributed by atoms with Crippen molar-refractivity contribution in [3.8, 4) is 0 Å². The van der Waals surface area contributed by atoms with E-state index < -0.39 is 11.6 Å². The molecule has 2 saturated heterocycles. The zero-order valence-corrected chi connectivity index (χ0v) is 18.3. The van der Waals surface area contributed by atoms with Crippen LogP contribution in [0.5, 0.6) is 0 Å². The van der Waals surface area contributed by atoms with Gasteiger partial charge in [-0.3, -0.25) is 9.69 Å². The third-order valence-corrected chi connectivity index (χ3v) is 6.55. The summed E-state index contributed by atoms with van der Waals surface area (Å²) in [6.45, 7) is 5.08. The lowest BCUT2D eigenvalue weighted by molar-refractivity contribution is -0.135. The Morgan fingerprint density at radius 1 is 1.03 bits per heavy atom. The molecule has 1 amide bonds. The Morgan fingerprint density at radius 3 is 2.50 bits per heavy atom. The quantitative estimate of drug-likeness (QED) is 0.659. The molecule has 2 aromatic rings. The van der Waals surface area contributed by atoms with Crippen molar-refractivity contribution < 1.29 is 22.7 Å². The number of piperidine rings is 1. The van der Waals surface area contributed by atoms with E-state index in [0.29, 0.717) is 26.1 Å². The van der Waals surface area contributed by atoms with Gasteiger partial charge in [-0.15, -0.1) is 0 Å². The molecule has 0 radical (unpaired) electrons. The second-order valence-corrected chi connectivity index (χ2v) is 8.80. The van der Waals surface area contributed by atoms with E-state index in [-0.39, 0.29) is 35.9 Å². The van der Waals surface area contributed by atoms with Gasteiger partial charge in [0.2, 0.25) is 5.91 Å². The predicted octanol–water partition coefficient (Wildman–Crippen LogP) is 4.41. The van der Waals surface area contributed by atoms with Gasteiger partial charge < -0.3 is 9.64 Å². The van der Waals surface area contributed by atoms with Crippen molar-refractivity contribution in [3.05, 3.63) is 70.5 Å². The number of carbonyl (C=O) groups is 1. The van der Waals surface area contributed by atoms with E-state index in [1.807, 2.05) is 11.8 Å². The Bertz CT molecular complexity index is 962. The minimum absolute atomic E-state index is 0.0628. The maximum atomic E-state index is 14.1. The molecule has 172 valence electrons. The first-order chi connectivity index (χ1) is 15.4. The van der Waals surface area contributed by atoms with Crippen molar-refractivity contribution in [2.24, 2.45) is 0 Å². The van der Waals surface area contributed by atoms with E-state index in [2.05, 4.69) is 4.90 Å². The van der Waals surface area contributed by atoms with Crippen molar-refractivity contribution >= 4 is 5.91 Å². The van der Waals surface area contributed by atoms with E-state index in [9.17, 15) is 18.0 Å². The first kappa shape index (κ1) is 22.8. The molecule has 7 heteroatoms. The van der Waals surface area contributed by atoms with Gasteiger partial charge in [0.25, 0.3) is 0 Å². The Balaban J connectivity index is 1.51. The van der Waals surface area contributed by atoms with Crippen molar-refractivity contribution in [1.82, 2.24) is 9.80 Å². The van der Waals surface area contributed by atoms with E-state index in [4.69, 9.17) is 4.74 Å². The number of nitrogens with zero attached hydrogens (tertiary/aromatic N) is 2. The molecule has 0 N–H and O–H groups in total. The van der Waals surface area contributed by atoms with E-state index in [0.717, 1.165) is 55.3 Å². The van der Waals surface area contributed by atoms with Crippen LogP contribution < -0.4 is 0 Å². The summed E-state index contributed by atoms with van der Waals surface area (Å²) >= 11 is 0. The van der Waals surface area contributed by atoms with Crippen LogP contribution in [0.4, 0.5) is 13.2 Å². The number of hydrogen-bond donors (Lipinski definition) is 0. The number of benzene rings is 2. The lowest BCUT2D eigenvalue weighted by Gasteiger charge is -2.40. The van der Waals surface area contributed by atoms with Crippen LogP contribution in [0, 0.1) is 24.4 Å². The second-order valence-electron chi connectivity index (χ2n) is 8.80. The van der Waals surface area contributed by atoms with Gasteiger partial charge in [-0.05, 0) is 80.7 Å². The lowest BCUT2D eigenvalue weighted by Crippen LogP contribution is -2.48. The zero-order valence-electron chi connectivity index (χ0n) is 18.3. The largest absolute Gasteiger partial charge is 0.373 e. The highest BCUT2D eigenvalue weighted by molar-refractivity contribution is 5.78. The summed E-state index contributed by atoms with van der Waals surface area (Å²) in [5, 5.41) is 0. The summed E-state index contributed by atoms with van der Waals surface area (Å²) in [5.41, 5.74) is 1.86. The van der Waals surface area contributed by atoms with Crippen LogP contribution in [0.1, 0.15) is 41.9 Å². The molecule has 32 heavy (non-hydrogen) atoms. The van der Waals surface area contributed by atoms with Gasteiger partial charge in [0.05, 0.1) is 19.3 Å². The Kier molecular flexibility index (Phi) is 7.16. The maximum Gasteiger partial charge on any atom is 0.236 e. The minimum Gasteiger partial charge on any atom is -0.373 e. The average molecular weight is 447 g/mol. The van der Waals surface area contributed by atoms with Gasteiger partial charge in [-0.1, -0.05) is 6.07 Å². The Hall–Kier alpha value is -2.38. The Labute approximate surface area is 187 Å². The van der Waals surface area contributed by atoms with Gasteiger partial charge in [0.15, 0.2) is 0 Å². The molecule has 2 aromatic carbocycles. The highest BCUT2D eigenvalue weighted by atomic mass is 19.1. The summed E-state index contributed by atoms with van der Waals surface area (Å²) in [6.07, 6.45) is 2.52. The standard InChI is InChI=1S/C25H29F3N2O2/c1-17-12-19(26)4-6-21(17)22-14-30(25(31)15-29-9-2-3-10-29)11-8-24(22)32-16-18-13-20(27)5-7-23(18)28/h4-7,12-13,22,24H,2-3,8-11,14-16H2,1H3. The molecule has 2 fully saturated rings. The second kappa shape index (κ2) is 10.0. The number of aryl methyl sites for hydroxylation is 1. The van der Waals surface area contributed by atoms with Crippen LogP contribution in [0.15, 0.2) is 36.4 Å². The van der Waals surface area contributed by atoms with Crippen LogP contribution in [-0.2, 0) is 16.1 Å². The van der Waals surface area contributed by atoms with E-state index >= 15 is 0 Å². The smallest absolute Gasteiger partial charge is 0.236 e. The molecule has 0 saturated carbocycles. The third kappa shape index (κ3) is 5.33. The van der Waals surface area contributed by atoms with Gasteiger partial charge in [-0.2, -0.15) is 0 Å². The molecule has 0 aromatic heterocycles. The fourth-order valence-corrected chi connectivity index (χ4v) is 4.79. The molecular weight excluding hydrogens is 417 g/mol. The number of halogens is 3. The maximum absolute atomic E-state index is 14.1. The number of carbonyl (C=O) groups excluding carboxylic acids is 1. The van der Waals surface area contributed by atoms with Crippen LogP contribution in [0.3, 0.4) is 0 Å². The fraction of sp³-hybridized carbons (Fsp3) is 0.480. The van der Waals surface area contributed by atoms with E-state index in [1.54, 1.807) is 6.07 Å². The predicted molar refractivity (Wildman–Crippen MR) is 116 cm³/mol. The van der Waals surface area contributed by atoms with Crippen LogP contribution in [0.25, 0.3) is 0 Å². The molecular formula is C25H29F3N2O2. The number of ether oxygens (including phenoxy) is 1. The molecule has 2 unspecified atom stereocenters. The van der Waals surface area contributed by atoms with Crippen LogP contribution in [-0.4, -0.2) is 54.5 Å². The summed E-state index contributed by atoms with van der Waals surface area (Å²) in [7, 11) is 0. The zero-order chi connectivity index (χ0) is 22.7. The molecule has 2 aliphatic rings.